The first-order valence-corrected chi connectivity index (χ1v) is 16.3. The summed E-state index contributed by atoms with van der Waals surface area (Å²) in [6, 6.07) is 20.2. The molecule has 3 aromatic rings. The normalized spacial score (nSPS) is 16.2. The van der Waals surface area contributed by atoms with Gasteiger partial charge in [-0.2, -0.15) is 0 Å². The Balaban J connectivity index is 1.15. The van der Waals surface area contributed by atoms with Gasteiger partial charge in [0.25, 0.3) is 15.9 Å². The molecule has 3 aromatic carbocycles. The molecule has 2 heterocycles. The van der Waals surface area contributed by atoms with Crippen molar-refractivity contribution in [1.82, 2.24) is 20.0 Å². The van der Waals surface area contributed by atoms with Crippen LogP contribution in [0.2, 0.25) is 0 Å². The van der Waals surface area contributed by atoms with Crippen LogP contribution in [0.3, 0.4) is 0 Å². The second kappa shape index (κ2) is 14.0. The van der Waals surface area contributed by atoms with E-state index in [2.05, 4.69) is 15.1 Å². The number of sulfonamides is 1. The molecule has 0 aliphatic carbocycles. The molecule has 0 saturated carbocycles. The predicted octanol–water partition coefficient (Wildman–Crippen LogP) is 3.28. The maximum atomic E-state index is 13.8. The molecule has 0 aromatic heterocycles. The average Bonchev–Trinajstić information content (AvgIpc) is 3.55. The number of phenols is 1. The van der Waals surface area contributed by atoms with Gasteiger partial charge in [-0.05, 0) is 94.0 Å². The number of aromatic hydroxyl groups is 1. The Morgan fingerprint density at radius 2 is 1.37 bits per heavy atom. The molecule has 0 spiro atoms. The number of rotatable bonds is 11. The third-order valence-electron chi connectivity index (χ3n) is 8.02. The molecule has 5 rings (SSSR count). The summed E-state index contributed by atoms with van der Waals surface area (Å²) in [5, 5.41) is 13.1. The van der Waals surface area contributed by atoms with Crippen LogP contribution in [0, 0.1) is 0 Å². The maximum Gasteiger partial charge on any atom is 0.268 e. The molecule has 2 saturated heterocycles. The van der Waals surface area contributed by atoms with Crippen molar-refractivity contribution in [2.24, 2.45) is 0 Å². The molecule has 2 fully saturated rings. The summed E-state index contributed by atoms with van der Waals surface area (Å²) >= 11 is 0. The zero-order chi connectivity index (χ0) is 30.2. The number of piperazine rings is 1. The fraction of sp³-hybridized carbons (Fsp3) is 0.375. The average molecular weight is 606 g/mol. The van der Waals surface area contributed by atoms with E-state index in [1.54, 1.807) is 47.4 Å². The lowest BCUT2D eigenvalue weighted by Gasteiger charge is -2.35. The highest BCUT2D eigenvalue weighted by Gasteiger charge is 2.29. The molecule has 0 unspecified atom stereocenters. The summed E-state index contributed by atoms with van der Waals surface area (Å²) in [5.74, 6) is -0.779. The quantitative estimate of drug-likeness (QED) is 0.345. The number of anilines is 2. The summed E-state index contributed by atoms with van der Waals surface area (Å²) in [4.78, 5) is 32.2. The van der Waals surface area contributed by atoms with E-state index in [4.69, 9.17) is 0 Å². The summed E-state index contributed by atoms with van der Waals surface area (Å²) < 4.78 is 28.6. The van der Waals surface area contributed by atoms with Crippen LogP contribution in [-0.4, -0.2) is 98.9 Å². The number of nitrogens with one attached hydrogen (secondary N) is 1. The molecular formula is C32H39N5O5S. The molecule has 228 valence electrons. The molecule has 10 nitrogen and oxygen atoms in total. The van der Waals surface area contributed by atoms with Crippen molar-refractivity contribution in [2.75, 3.05) is 63.2 Å². The Hall–Kier alpha value is -3.93. The van der Waals surface area contributed by atoms with Crippen molar-refractivity contribution in [3.63, 3.8) is 0 Å². The number of benzene rings is 3. The molecule has 11 heteroatoms. The van der Waals surface area contributed by atoms with Crippen molar-refractivity contribution in [1.29, 1.82) is 0 Å². The zero-order valence-corrected chi connectivity index (χ0v) is 25.1. The van der Waals surface area contributed by atoms with Gasteiger partial charge >= 0.3 is 0 Å². The van der Waals surface area contributed by atoms with Crippen LogP contribution in [0.15, 0.2) is 83.8 Å². The van der Waals surface area contributed by atoms with Crippen LogP contribution in [0.25, 0.3) is 0 Å². The standard InChI is InChI=1S/C32H39N5O5S/c38-30-12-5-4-11-29(30)37(27-9-2-1-3-10-27)43(41,42)28-15-13-26(14-16-28)32(40)33-25-31(39)36-23-21-35(22-24-36)20-8-19-34-17-6-7-18-34/h1-5,9-16,38H,6-8,17-25H2,(H,33,40). The van der Waals surface area contributed by atoms with Gasteiger partial charge < -0.3 is 20.2 Å². The van der Waals surface area contributed by atoms with Crippen LogP contribution in [0.4, 0.5) is 11.4 Å². The maximum absolute atomic E-state index is 13.8. The molecule has 0 bridgehead atoms. The third-order valence-corrected chi connectivity index (χ3v) is 9.77. The highest BCUT2D eigenvalue weighted by atomic mass is 32.2. The number of carbonyl (C=O) groups is 2. The molecular weight excluding hydrogens is 566 g/mol. The Morgan fingerprint density at radius 1 is 0.767 bits per heavy atom. The smallest absolute Gasteiger partial charge is 0.268 e. The van der Waals surface area contributed by atoms with Crippen LogP contribution < -0.4 is 9.62 Å². The second-order valence-electron chi connectivity index (χ2n) is 10.9. The number of para-hydroxylation sites is 3. The molecule has 2 aliphatic rings. The van der Waals surface area contributed by atoms with E-state index in [1.165, 1.54) is 62.3 Å². The van der Waals surface area contributed by atoms with Crippen LogP contribution in [-0.2, 0) is 14.8 Å². The van der Waals surface area contributed by atoms with Crippen molar-refractivity contribution in [3.8, 4) is 5.75 Å². The summed E-state index contributed by atoms with van der Waals surface area (Å²) in [7, 11) is -4.15. The van der Waals surface area contributed by atoms with E-state index in [-0.39, 0.29) is 34.3 Å². The number of hydrogen-bond acceptors (Lipinski definition) is 7. The van der Waals surface area contributed by atoms with E-state index >= 15 is 0 Å². The molecule has 2 aliphatic heterocycles. The van der Waals surface area contributed by atoms with Gasteiger partial charge in [0.15, 0.2) is 0 Å². The fourth-order valence-corrected chi connectivity index (χ4v) is 7.11. The Bertz CT molecular complexity index is 1490. The number of likely N-dealkylation sites (tertiary alicyclic amines) is 1. The van der Waals surface area contributed by atoms with Crippen LogP contribution in [0.5, 0.6) is 5.75 Å². The highest BCUT2D eigenvalue weighted by Crippen LogP contribution is 2.37. The Kier molecular flexibility index (Phi) is 9.96. The topological polar surface area (TPSA) is 114 Å². The minimum absolute atomic E-state index is 0.0504. The lowest BCUT2D eigenvalue weighted by atomic mass is 10.2. The van der Waals surface area contributed by atoms with Gasteiger partial charge in [0.05, 0.1) is 22.8 Å². The van der Waals surface area contributed by atoms with Gasteiger partial charge in [-0.1, -0.05) is 30.3 Å². The van der Waals surface area contributed by atoms with E-state index in [0.717, 1.165) is 36.9 Å². The first kappa shape index (κ1) is 30.5. The van der Waals surface area contributed by atoms with Gasteiger partial charge in [-0.25, -0.2) is 12.7 Å². The van der Waals surface area contributed by atoms with Gasteiger partial charge in [0, 0.05) is 31.7 Å². The third kappa shape index (κ3) is 7.54. The molecule has 43 heavy (non-hydrogen) atoms. The minimum atomic E-state index is -4.15. The summed E-state index contributed by atoms with van der Waals surface area (Å²) in [5.41, 5.74) is 0.701. The lowest BCUT2D eigenvalue weighted by molar-refractivity contribution is -0.131. The molecule has 0 atom stereocenters. The van der Waals surface area contributed by atoms with Gasteiger partial charge in [-0.15, -0.1) is 0 Å². The van der Waals surface area contributed by atoms with Crippen molar-refractivity contribution < 1.29 is 23.1 Å². The van der Waals surface area contributed by atoms with Crippen molar-refractivity contribution >= 4 is 33.2 Å². The van der Waals surface area contributed by atoms with E-state index in [0.29, 0.717) is 18.8 Å². The number of hydrogen-bond donors (Lipinski definition) is 2. The number of carbonyl (C=O) groups excluding carboxylic acids is 2. The highest BCUT2D eigenvalue weighted by molar-refractivity contribution is 7.93. The van der Waals surface area contributed by atoms with E-state index in [1.807, 2.05) is 0 Å². The monoisotopic (exact) mass is 605 g/mol. The van der Waals surface area contributed by atoms with E-state index < -0.39 is 15.9 Å². The largest absolute Gasteiger partial charge is 0.506 e. The Labute approximate surface area is 253 Å². The van der Waals surface area contributed by atoms with E-state index in [9.17, 15) is 23.1 Å². The van der Waals surface area contributed by atoms with Gasteiger partial charge in [-0.3, -0.25) is 14.5 Å². The number of amides is 2. The molecule has 0 radical (unpaired) electrons. The second-order valence-corrected chi connectivity index (χ2v) is 12.7. The summed E-state index contributed by atoms with van der Waals surface area (Å²) in [6.07, 6.45) is 3.75. The first-order valence-electron chi connectivity index (χ1n) is 14.8. The van der Waals surface area contributed by atoms with Crippen LogP contribution in [0.1, 0.15) is 29.6 Å². The minimum Gasteiger partial charge on any atom is -0.506 e. The number of nitrogens with zero attached hydrogens (tertiary/aromatic N) is 4. The fourth-order valence-electron chi connectivity index (χ4n) is 5.61. The van der Waals surface area contributed by atoms with Crippen molar-refractivity contribution in [3.05, 3.63) is 84.4 Å². The molecule has 2 amide bonds. The van der Waals surface area contributed by atoms with Gasteiger partial charge in [0.2, 0.25) is 5.91 Å². The Morgan fingerprint density at radius 3 is 2.02 bits per heavy atom. The predicted molar refractivity (Wildman–Crippen MR) is 166 cm³/mol. The summed E-state index contributed by atoms with van der Waals surface area (Å²) in [6.45, 7) is 7.42. The zero-order valence-electron chi connectivity index (χ0n) is 24.3. The van der Waals surface area contributed by atoms with Crippen molar-refractivity contribution in [2.45, 2.75) is 24.2 Å². The SMILES string of the molecule is O=C(NCC(=O)N1CCN(CCCN2CCCC2)CC1)c1ccc(S(=O)(=O)N(c2ccccc2)c2ccccc2O)cc1. The van der Waals surface area contributed by atoms with Crippen LogP contribution >= 0.6 is 0 Å². The first-order chi connectivity index (χ1) is 20.8. The van der Waals surface area contributed by atoms with Gasteiger partial charge in [0.1, 0.15) is 5.75 Å². The lowest BCUT2D eigenvalue weighted by Crippen LogP contribution is -2.51. The molecule has 2 N–H and O–H groups in total. The number of phenolic OH excluding ortho intramolecular Hbond substituents is 1.